The Morgan fingerprint density at radius 3 is 3.06 bits per heavy atom. The van der Waals surface area contributed by atoms with E-state index in [1.54, 1.807) is 0 Å². The van der Waals surface area contributed by atoms with Crippen LogP contribution in [-0.2, 0) is 6.42 Å². The third-order valence-corrected chi connectivity index (χ3v) is 3.19. The maximum absolute atomic E-state index is 8.52. The fourth-order valence-corrected chi connectivity index (χ4v) is 2.06. The number of oxime groups is 1. The summed E-state index contributed by atoms with van der Waals surface area (Å²) in [6, 6.07) is 8.38. The molecule has 86 valence electrons. The zero-order valence-electron chi connectivity index (χ0n) is 9.35. The second-order valence-corrected chi connectivity index (χ2v) is 4.25. The summed E-state index contributed by atoms with van der Waals surface area (Å²) in [6.45, 7) is 2.76. The second kappa shape index (κ2) is 4.53. The lowest BCUT2D eigenvalue weighted by atomic mass is 9.77. The molecule has 2 rings (SSSR count). The van der Waals surface area contributed by atoms with E-state index in [9.17, 15) is 0 Å². The minimum absolute atomic E-state index is 0.0854. The van der Waals surface area contributed by atoms with Crippen molar-refractivity contribution in [3.63, 3.8) is 0 Å². The van der Waals surface area contributed by atoms with E-state index < -0.39 is 0 Å². The van der Waals surface area contributed by atoms with Gasteiger partial charge in [-0.3, -0.25) is 0 Å². The fourth-order valence-electron chi connectivity index (χ4n) is 2.06. The number of hydrogen-bond donors (Lipinski definition) is 3. The molecule has 4 nitrogen and oxygen atoms in total. The summed E-state index contributed by atoms with van der Waals surface area (Å²) in [5, 5.41) is 14.8. The van der Waals surface area contributed by atoms with Gasteiger partial charge in [-0.05, 0) is 24.5 Å². The van der Waals surface area contributed by atoms with Gasteiger partial charge in [-0.2, -0.15) is 0 Å². The van der Waals surface area contributed by atoms with E-state index in [-0.39, 0.29) is 11.9 Å². The zero-order valence-corrected chi connectivity index (χ0v) is 9.35. The van der Waals surface area contributed by atoms with Crippen molar-refractivity contribution in [3.05, 3.63) is 35.4 Å². The maximum atomic E-state index is 8.52. The van der Waals surface area contributed by atoms with Gasteiger partial charge in [-0.1, -0.05) is 29.4 Å². The van der Waals surface area contributed by atoms with E-state index in [2.05, 4.69) is 34.7 Å². The van der Waals surface area contributed by atoms with Gasteiger partial charge >= 0.3 is 0 Å². The standard InChI is InChI=1S/C12H17N3O/c1-8(12(13)15-16)14-7-10-6-9-4-2-3-5-11(9)10/h2-5,8,10,14,16H,6-7H2,1H3,(H2,13,15). The molecule has 1 aromatic carbocycles. The summed E-state index contributed by atoms with van der Waals surface area (Å²) in [4.78, 5) is 0. The van der Waals surface area contributed by atoms with E-state index in [4.69, 9.17) is 10.9 Å². The van der Waals surface area contributed by atoms with E-state index in [1.165, 1.54) is 11.1 Å². The van der Waals surface area contributed by atoms with Crippen LogP contribution in [0.5, 0.6) is 0 Å². The first-order chi connectivity index (χ1) is 7.72. The van der Waals surface area contributed by atoms with E-state index in [0.717, 1.165) is 13.0 Å². The first kappa shape index (κ1) is 11.0. The Bertz CT molecular complexity index is 403. The van der Waals surface area contributed by atoms with Crippen LogP contribution in [0.3, 0.4) is 0 Å². The second-order valence-electron chi connectivity index (χ2n) is 4.25. The summed E-state index contributed by atoms with van der Waals surface area (Å²) in [7, 11) is 0. The molecule has 1 aromatic rings. The van der Waals surface area contributed by atoms with Crippen LogP contribution in [0, 0.1) is 0 Å². The molecule has 2 atom stereocenters. The molecule has 4 heteroatoms. The lowest BCUT2D eigenvalue weighted by Crippen LogP contribution is -2.42. The Labute approximate surface area is 95.1 Å². The van der Waals surface area contributed by atoms with Crippen LogP contribution < -0.4 is 11.1 Å². The normalized spacial score (nSPS) is 21.1. The Morgan fingerprint density at radius 1 is 1.62 bits per heavy atom. The number of nitrogens with two attached hydrogens (primary N) is 1. The first-order valence-electron chi connectivity index (χ1n) is 5.51. The average Bonchev–Trinajstić information content (AvgIpc) is 2.29. The third-order valence-electron chi connectivity index (χ3n) is 3.19. The fraction of sp³-hybridized carbons (Fsp3) is 0.417. The van der Waals surface area contributed by atoms with Crippen molar-refractivity contribution in [1.82, 2.24) is 5.32 Å². The minimum Gasteiger partial charge on any atom is -0.409 e. The quantitative estimate of drug-likeness (QED) is 0.307. The Balaban J connectivity index is 1.86. The van der Waals surface area contributed by atoms with Crippen LogP contribution >= 0.6 is 0 Å². The zero-order chi connectivity index (χ0) is 11.5. The number of amidine groups is 1. The summed E-state index contributed by atoms with van der Waals surface area (Å²) in [6.07, 6.45) is 1.12. The lowest BCUT2D eigenvalue weighted by Gasteiger charge is -2.31. The third kappa shape index (κ3) is 2.02. The first-order valence-corrected chi connectivity index (χ1v) is 5.51. The number of fused-ring (bicyclic) bond motifs is 1. The molecule has 0 saturated carbocycles. The van der Waals surface area contributed by atoms with Crippen LogP contribution in [0.25, 0.3) is 0 Å². The van der Waals surface area contributed by atoms with Gasteiger partial charge in [-0.25, -0.2) is 0 Å². The van der Waals surface area contributed by atoms with Gasteiger partial charge in [-0.15, -0.1) is 0 Å². The molecular weight excluding hydrogens is 202 g/mol. The Morgan fingerprint density at radius 2 is 2.38 bits per heavy atom. The van der Waals surface area contributed by atoms with Crippen molar-refractivity contribution in [2.24, 2.45) is 10.9 Å². The molecule has 1 aliphatic rings. The summed E-state index contributed by atoms with van der Waals surface area (Å²) in [5.41, 5.74) is 8.35. The molecule has 0 aliphatic heterocycles. The molecule has 0 fully saturated rings. The smallest absolute Gasteiger partial charge is 0.156 e. The van der Waals surface area contributed by atoms with Crippen LogP contribution in [0.1, 0.15) is 24.0 Å². The van der Waals surface area contributed by atoms with Gasteiger partial charge in [0.05, 0.1) is 6.04 Å². The van der Waals surface area contributed by atoms with E-state index in [0.29, 0.717) is 5.92 Å². The van der Waals surface area contributed by atoms with Gasteiger partial charge in [0.15, 0.2) is 5.84 Å². The van der Waals surface area contributed by atoms with Gasteiger partial charge in [0.1, 0.15) is 0 Å². The summed E-state index contributed by atoms with van der Waals surface area (Å²) < 4.78 is 0. The average molecular weight is 219 g/mol. The molecular formula is C12H17N3O. The van der Waals surface area contributed by atoms with Gasteiger partial charge in [0, 0.05) is 12.5 Å². The van der Waals surface area contributed by atoms with Gasteiger partial charge < -0.3 is 16.3 Å². The number of benzene rings is 1. The molecule has 2 unspecified atom stereocenters. The molecule has 0 saturated heterocycles. The Hall–Kier alpha value is -1.55. The highest BCUT2D eigenvalue weighted by atomic mass is 16.4. The van der Waals surface area contributed by atoms with Crippen LogP contribution in [0.4, 0.5) is 0 Å². The highest BCUT2D eigenvalue weighted by molar-refractivity contribution is 5.84. The highest BCUT2D eigenvalue weighted by Gasteiger charge is 2.25. The van der Waals surface area contributed by atoms with Crippen LogP contribution in [0.15, 0.2) is 29.4 Å². The number of nitrogens with one attached hydrogen (secondary N) is 1. The number of nitrogens with zero attached hydrogens (tertiary/aromatic N) is 1. The van der Waals surface area contributed by atoms with Crippen molar-refractivity contribution in [3.8, 4) is 0 Å². The predicted octanol–water partition coefficient (Wildman–Crippen LogP) is 1.05. The van der Waals surface area contributed by atoms with Crippen molar-refractivity contribution in [2.75, 3.05) is 6.54 Å². The lowest BCUT2D eigenvalue weighted by molar-refractivity contribution is 0.314. The molecule has 0 spiro atoms. The summed E-state index contributed by atoms with van der Waals surface area (Å²) >= 11 is 0. The molecule has 0 bridgehead atoms. The predicted molar refractivity (Wildman–Crippen MR) is 63.8 cm³/mol. The molecule has 16 heavy (non-hydrogen) atoms. The van der Waals surface area contributed by atoms with Crippen molar-refractivity contribution >= 4 is 5.84 Å². The number of hydrogen-bond acceptors (Lipinski definition) is 3. The monoisotopic (exact) mass is 219 g/mol. The molecule has 0 heterocycles. The Kier molecular flexibility index (Phi) is 3.10. The number of rotatable bonds is 4. The highest BCUT2D eigenvalue weighted by Crippen LogP contribution is 2.33. The van der Waals surface area contributed by atoms with E-state index in [1.807, 2.05) is 6.92 Å². The van der Waals surface area contributed by atoms with Crippen LogP contribution in [-0.4, -0.2) is 23.6 Å². The molecule has 4 N–H and O–H groups in total. The molecule has 0 amide bonds. The molecule has 1 aliphatic carbocycles. The van der Waals surface area contributed by atoms with Gasteiger partial charge in [0.2, 0.25) is 0 Å². The summed E-state index contributed by atoms with van der Waals surface area (Å²) in [5.74, 6) is 0.790. The molecule has 0 radical (unpaired) electrons. The largest absolute Gasteiger partial charge is 0.409 e. The van der Waals surface area contributed by atoms with Crippen molar-refractivity contribution in [1.29, 1.82) is 0 Å². The van der Waals surface area contributed by atoms with Crippen molar-refractivity contribution < 1.29 is 5.21 Å². The minimum atomic E-state index is -0.0854. The van der Waals surface area contributed by atoms with Gasteiger partial charge in [0.25, 0.3) is 0 Å². The van der Waals surface area contributed by atoms with E-state index >= 15 is 0 Å². The molecule has 0 aromatic heterocycles. The van der Waals surface area contributed by atoms with Crippen molar-refractivity contribution in [2.45, 2.75) is 25.3 Å². The van der Waals surface area contributed by atoms with Crippen LogP contribution in [0.2, 0.25) is 0 Å². The maximum Gasteiger partial charge on any atom is 0.156 e. The topological polar surface area (TPSA) is 70.6 Å². The SMILES string of the molecule is CC(NCC1Cc2ccccc21)C(N)=NO.